The summed E-state index contributed by atoms with van der Waals surface area (Å²) in [5.41, 5.74) is 15.3. The summed E-state index contributed by atoms with van der Waals surface area (Å²) in [5.74, 6) is 0.502. The highest BCUT2D eigenvalue weighted by atomic mass is 15.0. The molecule has 0 bridgehead atoms. The van der Waals surface area contributed by atoms with Gasteiger partial charge in [0.1, 0.15) is 0 Å². The molecule has 314 valence electrons. The van der Waals surface area contributed by atoms with Crippen molar-refractivity contribution in [3.05, 3.63) is 235 Å². The summed E-state index contributed by atoms with van der Waals surface area (Å²) in [6.07, 6.45) is 0. The van der Waals surface area contributed by atoms with Gasteiger partial charge in [0.05, 0.1) is 80.2 Å². The number of hydrogen-bond acceptors (Lipinski definition) is 4. The largest absolute Gasteiger partial charge is 0.308 e. The first-order valence-electron chi connectivity index (χ1n) is 22.2. The van der Waals surface area contributed by atoms with Crippen molar-refractivity contribution in [2.24, 2.45) is 0 Å². The van der Waals surface area contributed by atoms with E-state index in [2.05, 4.69) is 135 Å². The lowest BCUT2D eigenvalue weighted by atomic mass is 10.0. The van der Waals surface area contributed by atoms with E-state index in [4.69, 9.17) is 16.5 Å². The van der Waals surface area contributed by atoms with E-state index in [0.717, 1.165) is 105 Å². The van der Waals surface area contributed by atoms with Gasteiger partial charge in [0, 0.05) is 32.7 Å². The zero-order chi connectivity index (χ0) is 45.7. The summed E-state index contributed by atoms with van der Waals surface area (Å²) in [4.78, 5) is 14.6. The monoisotopic (exact) mass is 865 g/mol. The molecule has 0 aliphatic heterocycles. The molecule has 0 aliphatic carbocycles. The van der Waals surface area contributed by atoms with Gasteiger partial charge in [-0.25, -0.2) is 14.8 Å². The predicted octanol–water partition coefficient (Wildman–Crippen LogP) is 15.3. The quantitative estimate of drug-likeness (QED) is 0.149. The SMILES string of the molecule is [C-]#[N+]c1ccc(-c2ccc3c(c2)c2ccccc2n3-c2cc(C#N)cc(-n3c4ccccc4c4cc(-c5ccc(C#N)cc5)ccc43)c2-c2nc(-c3ccccc3)cc(-c3ccccc3)n2)cc1. The molecule has 0 atom stereocenters. The van der Waals surface area contributed by atoms with E-state index in [0.29, 0.717) is 22.6 Å². The van der Waals surface area contributed by atoms with Crippen LogP contribution in [-0.4, -0.2) is 19.1 Å². The highest BCUT2D eigenvalue weighted by molar-refractivity contribution is 6.13. The van der Waals surface area contributed by atoms with Crippen molar-refractivity contribution < 1.29 is 0 Å². The van der Waals surface area contributed by atoms with E-state index in [1.54, 1.807) is 0 Å². The molecule has 0 saturated heterocycles. The number of para-hydroxylation sites is 2. The first-order valence-corrected chi connectivity index (χ1v) is 22.2. The maximum absolute atomic E-state index is 11.0. The Kier molecular flexibility index (Phi) is 9.51. The van der Waals surface area contributed by atoms with Crippen LogP contribution < -0.4 is 0 Å². The fourth-order valence-electron chi connectivity index (χ4n) is 9.62. The molecule has 0 N–H and O–H groups in total. The summed E-state index contributed by atoms with van der Waals surface area (Å²) in [6.45, 7) is 7.50. The Morgan fingerprint density at radius 3 is 1.28 bits per heavy atom. The van der Waals surface area contributed by atoms with Crippen molar-refractivity contribution in [2.75, 3.05) is 0 Å². The lowest BCUT2D eigenvalue weighted by Crippen LogP contribution is -2.07. The molecule has 7 nitrogen and oxygen atoms in total. The Balaban J connectivity index is 1.21. The number of hydrogen-bond donors (Lipinski definition) is 0. The van der Waals surface area contributed by atoms with E-state index in [1.165, 1.54) is 0 Å². The normalized spacial score (nSPS) is 11.2. The Morgan fingerprint density at radius 1 is 0.382 bits per heavy atom. The van der Waals surface area contributed by atoms with Gasteiger partial charge in [-0.3, -0.25) is 0 Å². The van der Waals surface area contributed by atoms with E-state index >= 15 is 0 Å². The third kappa shape index (κ3) is 6.65. The van der Waals surface area contributed by atoms with E-state index in [-0.39, 0.29) is 0 Å². The number of nitriles is 2. The Labute approximate surface area is 391 Å². The van der Waals surface area contributed by atoms with Gasteiger partial charge in [-0.15, -0.1) is 0 Å². The molecule has 0 fully saturated rings. The third-order valence-corrected chi connectivity index (χ3v) is 12.8. The van der Waals surface area contributed by atoms with Crippen LogP contribution in [0.25, 0.3) is 116 Å². The van der Waals surface area contributed by atoms with Crippen molar-refractivity contribution in [1.82, 2.24) is 19.1 Å². The fourth-order valence-corrected chi connectivity index (χ4v) is 9.62. The molecule has 0 radical (unpaired) electrons. The lowest BCUT2D eigenvalue weighted by Gasteiger charge is -2.21. The van der Waals surface area contributed by atoms with Gasteiger partial charge in [-0.05, 0) is 89.0 Å². The van der Waals surface area contributed by atoms with Crippen LogP contribution >= 0.6 is 0 Å². The second kappa shape index (κ2) is 16.3. The van der Waals surface area contributed by atoms with Gasteiger partial charge in [0.15, 0.2) is 11.5 Å². The summed E-state index contributed by atoms with van der Waals surface area (Å²) in [6, 6.07) is 76.2. The second-order valence-electron chi connectivity index (χ2n) is 16.7. The van der Waals surface area contributed by atoms with Crippen LogP contribution in [0.15, 0.2) is 212 Å². The zero-order valence-electron chi connectivity index (χ0n) is 36.3. The van der Waals surface area contributed by atoms with Crippen LogP contribution in [-0.2, 0) is 0 Å². The van der Waals surface area contributed by atoms with Crippen molar-refractivity contribution in [1.29, 1.82) is 10.5 Å². The van der Waals surface area contributed by atoms with E-state index in [1.807, 2.05) is 103 Å². The lowest BCUT2D eigenvalue weighted by molar-refractivity contribution is 1.10. The van der Waals surface area contributed by atoms with Gasteiger partial charge >= 0.3 is 0 Å². The highest BCUT2D eigenvalue weighted by Gasteiger charge is 2.26. The zero-order valence-corrected chi connectivity index (χ0v) is 36.3. The topological polar surface area (TPSA) is 87.6 Å². The standard InChI is InChI=1S/C61H35N7/c1-64-47-28-24-42(25-29-47)46-27-31-57-51(35-46)49-17-9-11-19-55(49)68(57)59-33-40(38-63)32-58(60(59)61-65-52(43-12-4-2-5-13-43)36-53(66-61)44-14-6-3-7-15-44)67-54-18-10-8-16-48(54)50-34-45(26-30-56(50)67)41-22-20-39(37-62)21-23-41/h2-36H. The highest BCUT2D eigenvalue weighted by Crippen LogP contribution is 2.44. The van der Waals surface area contributed by atoms with Crippen LogP contribution in [0.2, 0.25) is 0 Å². The van der Waals surface area contributed by atoms with Gasteiger partial charge in [0.25, 0.3) is 0 Å². The van der Waals surface area contributed by atoms with Crippen LogP contribution in [0.3, 0.4) is 0 Å². The van der Waals surface area contributed by atoms with Crippen molar-refractivity contribution >= 4 is 49.3 Å². The number of benzene rings is 9. The van der Waals surface area contributed by atoms with Crippen LogP contribution in [0.5, 0.6) is 0 Å². The minimum atomic E-state index is 0.476. The summed E-state index contributed by atoms with van der Waals surface area (Å²) in [5, 5.41) is 24.7. The average Bonchev–Trinajstić information content (AvgIpc) is 3.93. The molecule has 0 spiro atoms. The first kappa shape index (κ1) is 39.7. The molecular formula is C61H35N7. The van der Waals surface area contributed by atoms with Gasteiger partial charge in [-0.1, -0.05) is 146 Å². The smallest absolute Gasteiger partial charge is 0.187 e. The third-order valence-electron chi connectivity index (χ3n) is 12.8. The summed E-state index contributed by atoms with van der Waals surface area (Å²) < 4.78 is 4.51. The Hall–Kier alpha value is -9.87. The molecule has 12 aromatic rings. The molecule has 68 heavy (non-hydrogen) atoms. The maximum atomic E-state index is 11.0. The Bertz CT molecular complexity index is 3830. The Morgan fingerprint density at radius 2 is 0.809 bits per heavy atom. The average molecular weight is 866 g/mol. The number of fused-ring (bicyclic) bond motifs is 6. The van der Waals surface area contributed by atoms with E-state index in [9.17, 15) is 10.5 Å². The molecule has 3 aromatic heterocycles. The minimum Gasteiger partial charge on any atom is -0.308 e. The molecular weight excluding hydrogens is 831 g/mol. The van der Waals surface area contributed by atoms with Crippen molar-refractivity contribution in [3.63, 3.8) is 0 Å². The molecule has 0 saturated carbocycles. The van der Waals surface area contributed by atoms with Crippen LogP contribution in [0.1, 0.15) is 11.1 Å². The summed E-state index contributed by atoms with van der Waals surface area (Å²) >= 11 is 0. The number of nitrogens with zero attached hydrogens (tertiary/aromatic N) is 7. The molecule has 9 aromatic carbocycles. The van der Waals surface area contributed by atoms with Crippen molar-refractivity contribution in [2.45, 2.75) is 0 Å². The molecule has 12 rings (SSSR count). The van der Waals surface area contributed by atoms with Crippen LogP contribution in [0, 0.1) is 29.2 Å². The van der Waals surface area contributed by atoms with Crippen LogP contribution in [0.4, 0.5) is 5.69 Å². The summed E-state index contributed by atoms with van der Waals surface area (Å²) in [7, 11) is 0. The molecule has 0 aliphatic rings. The van der Waals surface area contributed by atoms with Gasteiger partial charge in [0.2, 0.25) is 0 Å². The maximum Gasteiger partial charge on any atom is 0.187 e. The predicted molar refractivity (Wildman–Crippen MR) is 274 cm³/mol. The van der Waals surface area contributed by atoms with Gasteiger partial charge < -0.3 is 9.13 Å². The number of rotatable bonds is 7. The fraction of sp³-hybridized carbons (Fsp3) is 0. The first-order chi connectivity index (χ1) is 33.6. The molecule has 7 heteroatoms. The molecule has 3 heterocycles. The molecule has 0 amide bonds. The minimum absolute atomic E-state index is 0.476. The number of aromatic nitrogens is 4. The van der Waals surface area contributed by atoms with E-state index < -0.39 is 0 Å². The van der Waals surface area contributed by atoms with Crippen molar-refractivity contribution in [3.8, 4) is 79.7 Å². The van der Waals surface area contributed by atoms with Gasteiger partial charge in [-0.2, -0.15) is 10.5 Å². The molecule has 0 unspecified atom stereocenters. The second-order valence-corrected chi connectivity index (χ2v) is 16.7.